The second kappa shape index (κ2) is 8.04. The molecule has 35 heavy (non-hydrogen) atoms. The summed E-state index contributed by atoms with van der Waals surface area (Å²) in [7, 11) is 1.84. The SMILES string of the molecule is C[C@@H]1C(=O)N(c2ccc3c(cnn3-c3ccc(F)cc3)c2)[C@H](c2ccn(C)n2)[C@H]1NC(=O)C1CC1. The van der Waals surface area contributed by atoms with Crippen LogP contribution in [0.2, 0.25) is 0 Å². The van der Waals surface area contributed by atoms with Gasteiger partial charge in [-0.3, -0.25) is 14.3 Å². The summed E-state index contributed by atoms with van der Waals surface area (Å²) >= 11 is 0. The van der Waals surface area contributed by atoms with Crippen molar-refractivity contribution in [1.29, 1.82) is 0 Å². The minimum absolute atomic E-state index is 0.00783. The van der Waals surface area contributed by atoms with Gasteiger partial charge in [0.25, 0.3) is 0 Å². The highest BCUT2D eigenvalue weighted by molar-refractivity contribution is 6.01. The quantitative estimate of drug-likeness (QED) is 0.482. The van der Waals surface area contributed by atoms with Gasteiger partial charge in [-0.25, -0.2) is 9.07 Å². The Morgan fingerprint density at radius 3 is 2.51 bits per heavy atom. The van der Waals surface area contributed by atoms with Crippen molar-refractivity contribution in [3.8, 4) is 5.69 Å². The van der Waals surface area contributed by atoms with Gasteiger partial charge in [0.1, 0.15) is 11.9 Å². The van der Waals surface area contributed by atoms with E-state index in [2.05, 4.69) is 15.5 Å². The molecule has 8 nitrogen and oxygen atoms in total. The molecule has 1 aliphatic carbocycles. The molecule has 2 aromatic carbocycles. The number of aromatic nitrogens is 4. The highest BCUT2D eigenvalue weighted by Gasteiger charge is 2.49. The van der Waals surface area contributed by atoms with Crippen LogP contribution in [0.3, 0.4) is 0 Å². The number of nitrogens with one attached hydrogen (secondary N) is 1. The van der Waals surface area contributed by atoms with E-state index in [1.165, 1.54) is 12.1 Å². The highest BCUT2D eigenvalue weighted by Crippen LogP contribution is 2.41. The maximum atomic E-state index is 13.6. The number of anilines is 1. The third-order valence-electron chi connectivity index (χ3n) is 6.98. The zero-order valence-electron chi connectivity index (χ0n) is 19.4. The predicted molar refractivity (Wildman–Crippen MR) is 128 cm³/mol. The number of amides is 2. The molecule has 3 atom stereocenters. The molecule has 1 N–H and O–H groups in total. The largest absolute Gasteiger partial charge is 0.350 e. The molecule has 1 saturated carbocycles. The van der Waals surface area contributed by atoms with Gasteiger partial charge in [-0.2, -0.15) is 10.2 Å². The topological polar surface area (TPSA) is 85.1 Å². The first-order chi connectivity index (χ1) is 16.9. The first-order valence-corrected chi connectivity index (χ1v) is 11.8. The molecule has 0 spiro atoms. The minimum Gasteiger partial charge on any atom is -0.350 e. The van der Waals surface area contributed by atoms with Crippen molar-refractivity contribution in [2.24, 2.45) is 18.9 Å². The maximum Gasteiger partial charge on any atom is 0.232 e. The van der Waals surface area contributed by atoms with Crippen molar-refractivity contribution in [3.63, 3.8) is 0 Å². The molecule has 9 heteroatoms. The van der Waals surface area contributed by atoms with Gasteiger partial charge >= 0.3 is 0 Å². The lowest BCUT2D eigenvalue weighted by molar-refractivity contribution is -0.123. The van der Waals surface area contributed by atoms with Crippen molar-refractivity contribution in [2.75, 3.05) is 4.90 Å². The summed E-state index contributed by atoms with van der Waals surface area (Å²) in [6, 6.07) is 12.9. The molecule has 4 aromatic rings. The number of hydrogen-bond donors (Lipinski definition) is 1. The van der Waals surface area contributed by atoms with E-state index in [9.17, 15) is 14.0 Å². The Kier molecular flexibility index (Phi) is 4.94. The van der Waals surface area contributed by atoms with Crippen molar-refractivity contribution in [2.45, 2.75) is 31.8 Å². The third-order valence-corrected chi connectivity index (χ3v) is 6.98. The van der Waals surface area contributed by atoms with Crippen LogP contribution in [0.25, 0.3) is 16.6 Å². The normalized spacial score (nSPS) is 22.2. The fourth-order valence-electron chi connectivity index (χ4n) is 4.93. The maximum absolute atomic E-state index is 13.6. The van der Waals surface area contributed by atoms with E-state index in [0.29, 0.717) is 5.69 Å². The first-order valence-electron chi connectivity index (χ1n) is 11.8. The van der Waals surface area contributed by atoms with Crippen LogP contribution in [-0.2, 0) is 16.6 Å². The van der Waals surface area contributed by atoms with Crippen LogP contribution in [0.1, 0.15) is 31.5 Å². The highest BCUT2D eigenvalue weighted by atomic mass is 19.1. The van der Waals surface area contributed by atoms with Crippen LogP contribution in [0, 0.1) is 17.7 Å². The van der Waals surface area contributed by atoms with Crippen LogP contribution in [0.15, 0.2) is 60.9 Å². The molecule has 178 valence electrons. The Morgan fingerprint density at radius 1 is 1.09 bits per heavy atom. The van der Waals surface area contributed by atoms with E-state index in [-0.39, 0.29) is 29.6 Å². The van der Waals surface area contributed by atoms with Crippen LogP contribution >= 0.6 is 0 Å². The van der Waals surface area contributed by atoms with Gasteiger partial charge in [-0.15, -0.1) is 0 Å². The van der Waals surface area contributed by atoms with Gasteiger partial charge in [0.05, 0.1) is 35.1 Å². The minimum atomic E-state index is -0.425. The molecule has 1 saturated heterocycles. The molecular formula is C26H25FN6O2. The number of carbonyl (C=O) groups is 2. The summed E-state index contributed by atoms with van der Waals surface area (Å²) in [6.45, 7) is 1.86. The van der Waals surface area contributed by atoms with E-state index >= 15 is 0 Å². The molecule has 6 rings (SSSR count). The number of carbonyl (C=O) groups excluding carboxylic acids is 2. The van der Waals surface area contributed by atoms with Gasteiger partial charge in [0.2, 0.25) is 11.8 Å². The van der Waals surface area contributed by atoms with E-state index in [0.717, 1.165) is 35.1 Å². The molecule has 0 bridgehead atoms. The number of hydrogen-bond acceptors (Lipinski definition) is 4. The number of benzene rings is 2. The van der Waals surface area contributed by atoms with Crippen molar-refractivity contribution >= 4 is 28.4 Å². The van der Waals surface area contributed by atoms with E-state index in [1.807, 2.05) is 44.4 Å². The van der Waals surface area contributed by atoms with Crippen LogP contribution in [-0.4, -0.2) is 37.4 Å². The second-order valence-corrected chi connectivity index (χ2v) is 9.44. The van der Waals surface area contributed by atoms with Gasteiger partial charge in [-0.05, 0) is 61.4 Å². The molecule has 0 radical (unpaired) electrons. The predicted octanol–water partition coefficient (Wildman–Crippen LogP) is 3.52. The zero-order chi connectivity index (χ0) is 24.3. The fourth-order valence-corrected chi connectivity index (χ4v) is 4.93. The van der Waals surface area contributed by atoms with Crippen LogP contribution < -0.4 is 10.2 Å². The molecule has 2 aromatic heterocycles. The van der Waals surface area contributed by atoms with Gasteiger partial charge in [0.15, 0.2) is 0 Å². The molecule has 2 amide bonds. The summed E-state index contributed by atoms with van der Waals surface area (Å²) < 4.78 is 16.8. The summed E-state index contributed by atoms with van der Waals surface area (Å²) in [6.07, 6.45) is 5.37. The number of nitrogens with zero attached hydrogens (tertiary/aromatic N) is 5. The summed E-state index contributed by atoms with van der Waals surface area (Å²) in [5.41, 5.74) is 3.03. The average molecular weight is 473 g/mol. The smallest absolute Gasteiger partial charge is 0.232 e. The zero-order valence-corrected chi connectivity index (χ0v) is 19.4. The van der Waals surface area contributed by atoms with Gasteiger partial charge in [-0.1, -0.05) is 6.92 Å². The molecule has 3 heterocycles. The molecule has 2 aliphatic rings. The van der Waals surface area contributed by atoms with Crippen molar-refractivity contribution in [1.82, 2.24) is 24.9 Å². The Balaban J connectivity index is 1.40. The monoisotopic (exact) mass is 472 g/mol. The van der Waals surface area contributed by atoms with Gasteiger partial charge in [0, 0.05) is 30.2 Å². The molecular weight excluding hydrogens is 447 g/mol. The Bertz CT molecular complexity index is 1440. The number of aryl methyl sites for hydroxylation is 1. The third kappa shape index (κ3) is 3.67. The van der Waals surface area contributed by atoms with Crippen molar-refractivity contribution < 1.29 is 14.0 Å². The van der Waals surface area contributed by atoms with Crippen LogP contribution in [0.5, 0.6) is 0 Å². The average Bonchev–Trinajstić information content (AvgIpc) is 3.42. The lowest BCUT2D eigenvalue weighted by Gasteiger charge is -2.28. The Labute approximate surface area is 201 Å². The summed E-state index contributed by atoms with van der Waals surface area (Å²) in [5, 5.41) is 13.1. The molecule has 1 aliphatic heterocycles. The van der Waals surface area contributed by atoms with E-state index < -0.39 is 12.0 Å². The number of halogens is 1. The standard InChI is InChI=1S/C26H25FN6O2/c1-15-23(29-25(34)16-3-4-16)24(21-11-12-31(2)30-21)32(26(15)35)20-9-10-22-17(13-20)14-28-33(22)19-7-5-18(27)6-8-19/h5-16,23-24H,3-4H2,1-2H3,(H,29,34)/t15-,23-,24+/m0/s1. The molecule has 2 fully saturated rings. The molecule has 0 unspecified atom stereocenters. The first kappa shape index (κ1) is 21.5. The second-order valence-electron chi connectivity index (χ2n) is 9.44. The van der Waals surface area contributed by atoms with E-state index in [1.54, 1.807) is 32.6 Å². The van der Waals surface area contributed by atoms with E-state index in [4.69, 9.17) is 0 Å². The summed E-state index contributed by atoms with van der Waals surface area (Å²) in [5.74, 6) is -0.717. The van der Waals surface area contributed by atoms with Gasteiger partial charge < -0.3 is 10.2 Å². The fraction of sp³-hybridized carbons (Fsp3) is 0.308. The number of rotatable bonds is 5. The van der Waals surface area contributed by atoms with Crippen LogP contribution in [0.4, 0.5) is 10.1 Å². The van der Waals surface area contributed by atoms with Crippen molar-refractivity contribution in [3.05, 3.63) is 72.4 Å². The Hall–Kier alpha value is -4.01. The number of fused-ring (bicyclic) bond motifs is 1. The summed E-state index contributed by atoms with van der Waals surface area (Å²) in [4.78, 5) is 28.0. The lowest BCUT2D eigenvalue weighted by Crippen LogP contribution is -2.42. The lowest BCUT2D eigenvalue weighted by atomic mass is 9.97. The Morgan fingerprint density at radius 2 is 1.83 bits per heavy atom.